The monoisotopic (exact) mass is 378 g/mol. The minimum absolute atomic E-state index is 0.0494. The number of allylic oxidation sites excluding steroid dienone is 4. The number of rotatable bonds is 1. The van der Waals surface area contributed by atoms with Gasteiger partial charge in [0.05, 0.1) is 10.9 Å². The third-order valence-corrected chi connectivity index (χ3v) is 5.52. The van der Waals surface area contributed by atoms with Crippen LogP contribution in [0.2, 0.25) is 10.0 Å². The molecule has 4 nitrogen and oxygen atoms in total. The molecule has 0 amide bonds. The van der Waals surface area contributed by atoms with Crippen molar-refractivity contribution in [2.24, 2.45) is 0 Å². The van der Waals surface area contributed by atoms with E-state index in [1.807, 2.05) is 0 Å². The van der Waals surface area contributed by atoms with Crippen LogP contribution in [0.5, 0.6) is 5.75 Å². The first-order valence-electron chi connectivity index (χ1n) is 8.35. The number of benzene rings is 1. The van der Waals surface area contributed by atoms with Gasteiger partial charge in [-0.05, 0) is 25.0 Å². The fourth-order valence-corrected chi connectivity index (χ4v) is 4.44. The Kier molecular flexibility index (Phi) is 4.13. The molecule has 1 N–H and O–H groups in total. The van der Waals surface area contributed by atoms with Crippen LogP contribution in [0.15, 0.2) is 34.8 Å². The molecule has 2 aliphatic carbocycles. The Hall–Kier alpha value is -1.78. The molecule has 6 heteroatoms. The van der Waals surface area contributed by atoms with Crippen LogP contribution in [0.1, 0.15) is 50.0 Å². The second kappa shape index (κ2) is 6.19. The Labute approximate surface area is 155 Å². The van der Waals surface area contributed by atoms with Gasteiger partial charge in [0.15, 0.2) is 11.6 Å². The van der Waals surface area contributed by atoms with Crippen molar-refractivity contribution in [1.29, 1.82) is 0 Å². The molecule has 0 bridgehead atoms. The zero-order valence-electron chi connectivity index (χ0n) is 13.4. The fraction of sp³-hybridized carbons (Fsp3) is 0.368. The van der Waals surface area contributed by atoms with Crippen molar-refractivity contribution < 1.29 is 19.4 Å². The highest BCUT2D eigenvalue weighted by atomic mass is 35.5. The van der Waals surface area contributed by atoms with E-state index in [1.54, 1.807) is 6.07 Å². The van der Waals surface area contributed by atoms with Gasteiger partial charge in [0.1, 0.15) is 17.3 Å². The number of phenolic OH excluding ortho intramolecular Hbond substituents is 1. The molecule has 0 saturated carbocycles. The van der Waals surface area contributed by atoms with Crippen LogP contribution in [0.3, 0.4) is 0 Å². The predicted molar refractivity (Wildman–Crippen MR) is 93.7 cm³/mol. The van der Waals surface area contributed by atoms with Crippen molar-refractivity contribution in [3.05, 3.63) is 50.4 Å². The molecule has 25 heavy (non-hydrogen) atoms. The van der Waals surface area contributed by atoms with Crippen LogP contribution in [0.4, 0.5) is 0 Å². The maximum Gasteiger partial charge on any atom is 0.163 e. The lowest BCUT2D eigenvalue weighted by Gasteiger charge is -2.36. The van der Waals surface area contributed by atoms with E-state index in [2.05, 4.69) is 0 Å². The van der Waals surface area contributed by atoms with Gasteiger partial charge in [0.25, 0.3) is 0 Å². The molecule has 0 atom stereocenters. The summed E-state index contributed by atoms with van der Waals surface area (Å²) in [4.78, 5) is 25.3. The molecule has 1 heterocycles. The van der Waals surface area contributed by atoms with E-state index in [0.717, 1.165) is 12.8 Å². The summed E-state index contributed by atoms with van der Waals surface area (Å²) in [6, 6.07) is 3.02. The maximum absolute atomic E-state index is 12.7. The molecule has 1 aromatic carbocycles. The molecule has 0 unspecified atom stereocenters. The number of ether oxygens (including phenoxy) is 1. The van der Waals surface area contributed by atoms with E-state index in [4.69, 9.17) is 27.9 Å². The molecule has 130 valence electrons. The molecule has 1 aromatic rings. The van der Waals surface area contributed by atoms with Crippen molar-refractivity contribution in [2.45, 2.75) is 44.4 Å². The van der Waals surface area contributed by atoms with Gasteiger partial charge in [-0.1, -0.05) is 23.2 Å². The maximum atomic E-state index is 12.7. The van der Waals surface area contributed by atoms with Crippen LogP contribution in [-0.2, 0) is 14.3 Å². The van der Waals surface area contributed by atoms with Crippen molar-refractivity contribution >= 4 is 34.8 Å². The zero-order chi connectivity index (χ0) is 17.7. The van der Waals surface area contributed by atoms with Gasteiger partial charge < -0.3 is 9.84 Å². The summed E-state index contributed by atoms with van der Waals surface area (Å²) >= 11 is 12.2. The second-order valence-corrected chi connectivity index (χ2v) is 7.43. The molecule has 0 fully saturated rings. The SMILES string of the molecule is O=C1CCCC2=C1C(c1cc(Cl)cc(Cl)c1O)C1=C(CCCC1=O)O2. The highest BCUT2D eigenvalue weighted by Crippen LogP contribution is 2.50. The summed E-state index contributed by atoms with van der Waals surface area (Å²) in [5.41, 5.74) is 1.33. The summed E-state index contributed by atoms with van der Waals surface area (Å²) < 4.78 is 5.96. The Balaban J connectivity index is 1.98. The first kappa shape index (κ1) is 16.7. The molecule has 0 radical (unpaired) electrons. The lowest BCUT2D eigenvalue weighted by molar-refractivity contribution is -0.117. The van der Waals surface area contributed by atoms with Gasteiger partial charge >= 0.3 is 0 Å². The van der Waals surface area contributed by atoms with Gasteiger partial charge in [-0.3, -0.25) is 9.59 Å². The number of hydrogen-bond acceptors (Lipinski definition) is 4. The standard InChI is InChI=1S/C19H16Cl2O4/c20-9-7-10(19(24)11(21)8-9)16-17-12(22)3-1-5-14(17)25-15-6-2-4-13(23)18(15)16/h7-8,16,24H,1-6H2. The van der Waals surface area contributed by atoms with E-state index in [-0.39, 0.29) is 22.3 Å². The fourth-order valence-electron chi connectivity index (χ4n) is 3.93. The largest absolute Gasteiger partial charge is 0.506 e. The summed E-state index contributed by atoms with van der Waals surface area (Å²) in [5, 5.41) is 11.0. The zero-order valence-corrected chi connectivity index (χ0v) is 14.9. The predicted octanol–water partition coefficient (Wildman–Crippen LogP) is 4.83. The number of aromatic hydroxyl groups is 1. The van der Waals surface area contributed by atoms with Crippen LogP contribution in [0.25, 0.3) is 0 Å². The van der Waals surface area contributed by atoms with Gasteiger partial charge in [-0.2, -0.15) is 0 Å². The van der Waals surface area contributed by atoms with E-state index in [0.29, 0.717) is 58.9 Å². The van der Waals surface area contributed by atoms with Gasteiger partial charge in [0.2, 0.25) is 0 Å². The molecule has 0 aromatic heterocycles. The molecule has 0 spiro atoms. The topological polar surface area (TPSA) is 63.6 Å². The van der Waals surface area contributed by atoms with E-state index in [1.165, 1.54) is 6.07 Å². The summed E-state index contributed by atoms with van der Waals surface area (Å²) in [6.07, 6.45) is 3.57. The summed E-state index contributed by atoms with van der Waals surface area (Å²) in [7, 11) is 0. The minimum Gasteiger partial charge on any atom is -0.506 e. The van der Waals surface area contributed by atoms with E-state index < -0.39 is 5.92 Å². The summed E-state index contributed by atoms with van der Waals surface area (Å²) in [6.45, 7) is 0. The minimum atomic E-state index is -0.657. The lowest BCUT2D eigenvalue weighted by Crippen LogP contribution is -2.30. The Morgan fingerprint density at radius 3 is 2.04 bits per heavy atom. The normalized spacial score (nSPS) is 21.2. The van der Waals surface area contributed by atoms with Gasteiger partial charge in [-0.25, -0.2) is 0 Å². The number of carbonyl (C=O) groups is 2. The van der Waals surface area contributed by atoms with Gasteiger partial charge in [-0.15, -0.1) is 0 Å². The Morgan fingerprint density at radius 2 is 1.48 bits per heavy atom. The molecular weight excluding hydrogens is 363 g/mol. The van der Waals surface area contributed by atoms with Crippen molar-refractivity contribution in [1.82, 2.24) is 0 Å². The van der Waals surface area contributed by atoms with E-state index in [9.17, 15) is 14.7 Å². The average Bonchev–Trinajstić information content (AvgIpc) is 2.57. The molecule has 1 aliphatic heterocycles. The third kappa shape index (κ3) is 2.68. The third-order valence-electron chi connectivity index (χ3n) is 5.01. The number of ketones is 2. The number of carbonyl (C=O) groups excluding carboxylic acids is 2. The lowest BCUT2D eigenvalue weighted by atomic mass is 9.73. The number of phenols is 1. The van der Waals surface area contributed by atoms with Crippen LogP contribution in [0, 0.1) is 0 Å². The first-order valence-corrected chi connectivity index (χ1v) is 9.11. The second-order valence-electron chi connectivity index (χ2n) is 6.59. The highest BCUT2D eigenvalue weighted by molar-refractivity contribution is 6.35. The van der Waals surface area contributed by atoms with E-state index >= 15 is 0 Å². The Morgan fingerprint density at radius 1 is 0.920 bits per heavy atom. The van der Waals surface area contributed by atoms with Crippen molar-refractivity contribution in [3.63, 3.8) is 0 Å². The van der Waals surface area contributed by atoms with Crippen molar-refractivity contribution in [3.8, 4) is 5.75 Å². The molecule has 4 rings (SSSR count). The van der Waals surface area contributed by atoms with Gasteiger partial charge in [0, 0.05) is 47.4 Å². The number of hydrogen-bond donors (Lipinski definition) is 1. The first-order chi connectivity index (χ1) is 12.0. The molecule has 0 saturated heterocycles. The van der Waals surface area contributed by atoms with Crippen LogP contribution < -0.4 is 0 Å². The quantitative estimate of drug-likeness (QED) is 0.759. The molecule has 3 aliphatic rings. The number of Topliss-reactive ketones (excluding diaryl/α,β-unsaturated/α-hetero) is 2. The smallest absolute Gasteiger partial charge is 0.163 e. The summed E-state index contributed by atoms with van der Waals surface area (Å²) in [5.74, 6) is 0.331. The number of halogens is 2. The molecular formula is C19H16Cl2O4. The average molecular weight is 379 g/mol. The van der Waals surface area contributed by atoms with Crippen molar-refractivity contribution in [2.75, 3.05) is 0 Å². The van der Waals surface area contributed by atoms with Crippen LogP contribution in [-0.4, -0.2) is 16.7 Å². The van der Waals surface area contributed by atoms with Crippen LogP contribution >= 0.6 is 23.2 Å². The Bertz CT molecular complexity index is 824. The highest BCUT2D eigenvalue weighted by Gasteiger charge is 2.42.